The number of nitrogens with zero attached hydrogens (tertiary/aromatic N) is 4. The summed E-state index contributed by atoms with van der Waals surface area (Å²) in [4.78, 5) is 19.4. The van der Waals surface area contributed by atoms with Gasteiger partial charge in [-0.3, -0.25) is 4.79 Å². The van der Waals surface area contributed by atoms with E-state index in [4.69, 9.17) is 0 Å². The van der Waals surface area contributed by atoms with Crippen molar-refractivity contribution in [2.45, 2.75) is 0 Å². The molecular formula is C12H8FN5O. The van der Waals surface area contributed by atoms with Gasteiger partial charge in [-0.05, 0) is 12.1 Å². The second kappa shape index (κ2) is 4.45. The number of halogens is 1. The molecule has 0 aliphatic heterocycles. The molecule has 0 aromatic carbocycles. The van der Waals surface area contributed by atoms with Gasteiger partial charge in [0.05, 0.1) is 29.8 Å². The van der Waals surface area contributed by atoms with E-state index in [1.807, 2.05) is 0 Å². The van der Waals surface area contributed by atoms with Crippen LogP contribution in [0, 0.1) is 5.95 Å². The lowest BCUT2D eigenvalue weighted by Gasteiger charge is -2.04. The first-order valence-electron chi connectivity index (χ1n) is 5.45. The first kappa shape index (κ1) is 11.3. The molecule has 7 heteroatoms. The molecule has 3 aromatic heterocycles. The number of rotatable bonds is 2. The Morgan fingerprint density at radius 2 is 2.11 bits per heavy atom. The van der Waals surface area contributed by atoms with Gasteiger partial charge in [0.2, 0.25) is 5.95 Å². The molecular weight excluding hydrogens is 249 g/mol. The van der Waals surface area contributed by atoms with Crippen LogP contribution in [0.4, 0.5) is 10.1 Å². The van der Waals surface area contributed by atoms with Crippen molar-refractivity contribution in [3.05, 3.63) is 54.5 Å². The predicted molar refractivity (Wildman–Crippen MR) is 65.1 cm³/mol. The van der Waals surface area contributed by atoms with E-state index >= 15 is 0 Å². The number of aromatic nitrogens is 4. The summed E-state index contributed by atoms with van der Waals surface area (Å²) in [5, 5.41) is 6.65. The van der Waals surface area contributed by atoms with Crippen molar-refractivity contribution in [3.63, 3.8) is 0 Å². The zero-order chi connectivity index (χ0) is 13.2. The lowest BCUT2D eigenvalue weighted by atomic mass is 10.2. The Balaban J connectivity index is 1.83. The summed E-state index contributed by atoms with van der Waals surface area (Å²) in [5.74, 6) is -1.02. The number of nitrogens with one attached hydrogen (secondary N) is 1. The first-order chi connectivity index (χ1) is 9.22. The molecule has 0 bridgehead atoms. The lowest BCUT2D eigenvalue weighted by Crippen LogP contribution is -2.13. The number of carbonyl (C=O) groups is 1. The standard InChI is InChI=1S/C12H8FN5O/c13-10-2-1-8(5-14-10)12(19)17-9-6-15-11-3-4-16-18(11)7-9/h1-7H,(H,17,19). The summed E-state index contributed by atoms with van der Waals surface area (Å²) in [7, 11) is 0. The van der Waals surface area contributed by atoms with Gasteiger partial charge in [-0.25, -0.2) is 14.5 Å². The number of carbonyl (C=O) groups excluding carboxylic acids is 1. The SMILES string of the molecule is O=C(Nc1cnc2ccnn2c1)c1ccc(F)nc1. The van der Waals surface area contributed by atoms with Crippen molar-refractivity contribution in [1.29, 1.82) is 0 Å². The normalized spacial score (nSPS) is 10.6. The van der Waals surface area contributed by atoms with Crippen LogP contribution in [0.2, 0.25) is 0 Å². The number of anilines is 1. The Hall–Kier alpha value is -2.83. The molecule has 0 unspecified atom stereocenters. The molecule has 19 heavy (non-hydrogen) atoms. The van der Waals surface area contributed by atoms with E-state index in [-0.39, 0.29) is 11.5 Å². The second-order valence-corrected chi connectivity index (χ2v) is 3.80. The van der Waals surface area contributed by atoms with Crippen LogP contribution in [0.25, 0.3) is 5.65 Å². The minimum atomic E-state index is -0.629. The van der Waals surface area contributed by atoms with Gasteiger partial charge in [0.1, 0.15) is 0 Å². The predicted octanol–water partition coefficient (Wildman–Crippen LogP) is 1.52. The largest absolute Gasteiger partial charge is 0.319 e. The average molecular weight is 257 g/mol. The van der Waals surface area contributed by atoms with E-state index in [9.17, 15) is 9.18 Å². The topological polar surface area (TPSA) is 72.2 Å². The lowest BCUT2D eigenvalue weighted by molar-refractivity contribution is 0.102. The quantitative estimate of drug-likeness (QED) is 0.706. The van der Waals surface area contributed by atoms with Crippen molar-refractivity contribution < 1.29 is 9.18 Å². The molecule has 0 fully saturated rings. The van der Waals surface area contributed by atoms with Crippen molar-refractivity contribution in [2.75, 3.05) is 5.32 Å². The van der Waals surface area contributed by atoms with Gasteiger partial charge in [0.25, 0.3) is 5.91 Å². The number of hydrogen-bond donors (Lipinski definition) is 1. The highest BCUT2D eigenvalue weighted by Gasteiger charge is 2.07. The molecule has 0 atom stereocenters. The van der Waals surface area contributed by atoms with Crippen LogP contribution >= 0.6 is 0 Å². The van der Waals surface area contributed by atoms with E-state index in [1.54, 1.807) is 23.0 Å². The summed E-state index contributed by atoms with van der Waals surface area (Å²) in [6, 6.07) is 4.23. The number of fused-ring (bicyclic) bond motifs is 1. The molecule has 0 spiro atoms. The first-order valence-corrected chi connectivity index (χ1v) is 5.45. The van der Waals surface area contributed by atoms with Crippen molar-refractivity contribution >= 4 is 17.2 Å². The van der Waals surface area contributed by atoms with Crippen LogP contribution in [0.1, 0.15) is 10.4 Å². The van der Waals surface area contributed by atoms with Gasteiger partial charge < -0.3 is 5.32 Å². The van der Waals surface area contributed by atoms with Gasteiger partial charge in [-0.1, -0.05) is 0 Å². The molecule has 3 heterocycles. The summed E-state index contributed by atoms with van der Waals surface area (Å²) in [5.41, 5.74) is 1.44. The van der Waals surface area contributed by atoms with E-state index in [0.29, 0.717) is 11.3 Å². The molecule has 0 aliphatic carbocycles. The van der Waals surface area contributed by atoms with E-state index in [2.05, 4.69) is 20.4 Å². The fourth-order valence-corrected chi connectivity index (χ4v) is 1.59. The molecule has 6 nitrogen and oxygen atoms in total. The summed E-state index contributed by atoms with van der Waals surface area (Å²) >= 11 is 0. The maximum Gasteiger partial charge on any atom is 0.257 e. The van der Waals surface area contributed by atoms with E-state index in [1.165, 1.54) is 18.5 Å². The van der Waals surface area contributed by atoms with Crippen molar-refractivity contribution in [1.82, 2.24) is 19.6 Å². The Morgan fingerprint density at radius 1 is 1.21 bits per heavy atom. The van der Waals surface area contributed by atoms with Crippen LogP contribution in [-0.2, 0) is 0 Å². The molecule has 0 saturated heterocycles. The fraction of sp³-hybridized carbons (Fsp3) is 0. The monoisotopic (exact) mass is 257 g/mol. The van der Waals surface area contributed by atoms with Gasteiger partial charge in [0, 0.05) is 12.3 Å². The molecule has 3 rings (SSSR count). The summed E-state index contributed by atoms with van der Waals surface area (Å²) < 4.78 is 14.2. The third-order valence-electron chi connectivity index (χ3n) is 2.49. The highest BCUT2D eigenvalue weighted by molar-refractivity contribution is 6.03. The fourth-order valence-electron chi connectivity index (χ4n) is 1.59. The minimum Gasteiger partial charge on any atom is -0.319 e. The number of pyridine rings is 1. The van der Waals surface area contributed by atoms with Crippen LogP contribution in [-0.4, -0.2) is 25.5 Å². The van der Waals surface area contributed by atoms with Gasteiger partial charge in [-0.2, -0.15) is 9.49 Å². The third kappa shape index (κ3) is 2.25. The van der Waals surface area contributed by atoms with Gasteiger partial charge >= 0.3 is 0 Å². The van der Waals surface area contributed by atoms with Gasteiger partial charge in [0.15, 0.2) is 5.65 Å². The van der Waals surface area contributed by atoms with Crippen LogP contribution in [0.5, 0.6) is 0 Å². The maximum absolute atomic E-state index is 12.7. The Kier molecular flexibility index (Phi) is 2.64. The Morgan fingerprint density at radius 3 is 2.89 bits per heavy atom. The minimum absolute atomic E-state index is 0.266. The number of hydrogen-bond acceptors (Lipinski definition) is 4. The third-order valence-corrected chi connectivity index (χ3v) is 2.49. The Labute approximate surface area is 106 Å². The van der Waals surface area contributed by atoms with E-state index in [0.717, 1.165) is 6.07 Å². The molecule has 1 N–H and O–H groups in total. The van der Waals surface area contributed by atoms with Crippen LogP contribution in [0.3, 0.4) is 0 Å². The molecule has 0 saturated carbocycles. The molecule has 94 valence electrons. The van der Waals surface area contributed by atoms with Crippen LogP contribution < -0.4 is 5.32 Å². The second-order valence-electron chi connectivity index (χ2n) is 3.80. The summed E-state index contributed by atoms with van der Waals surface area (Å²) in [6.07, 6.45) is 5.94. The highest BCUT2D eigenvalue weighted by Crippen LogP contribution is 2.09. The smallest absolute Gasteiger partial charge is 0.257 e. The zero-order valence-corrected chi connectivity index (χ0v) is 9.62. The molecule has 1 amide bonds. The zero-order valence-electron chi connectivity index (χ0n) is 9.62. The highest BCUT2D eigenvalue weighted by atomic mass is 19.1. The van der Waals surface area contributed by atoms with E-state index < -0.39 is 5.95 Å². The molecule has 0 radical (unpaired) electrons. The maximum atomic E-state index is 12.7. The number of amides is 1. The van der Waals surface area contributed by atoms with Gasteiger partial charge in [-0.15, -0.1) is 0 Å². The van der Waals surface area contributed by atoms with Crippen molar-refractivity contribution in [2.24, 2.45) is 0 Å². The van der Waals surface area contributed by atoms with Crippen LogP contribution in [0.15, 0.2) is 43.0 Å². The summed E-state index contributed by atoms with van der Waals surface area (Å²) in [6.45, 7) is 0. The molecule has 3 aromatic rings. The van der Waals surface area contributed by atoms with Crippen molar-refractivity contribution in [3.8, 4) is 0 Å². The molecule has 0 aliphatic rings. The average Bonchev–Trinajstić information content (AvgIpc) is 2.87. The Bertz CT molecular complexity index is 737.